The number of aliphatic hydroxyl groups excluding tert-OH is 2. The fourth-order valence-electron chi connectivity index (χ4n) is 0.809. The van der Waals surface area contributed by atoms with Gasteiger partial charge in [-0.3, -0.25) is 4.90 Å². The van der Waals surface area contributed by atoms with Crippen molar-refractivity contribution in [3.63, 3.8) is 0 Å². The molecule has 3 heteroatoms. The lowest BCUT2D eigenvalue weighted by Crippen LogP contribution is -2.27. The van der Waals surface area contributed by atoms with Crippen LogP contribution in [-0.4, -0.2) is 41.4 Å². The van der Waals surface area contributed by atoms with Gasteiger partial charge in [-0.2, -0.15) is 0 Å². The number of aliphatic hydroxyl groups is 2. The molecule has 0 aromatic carbocycles. The van der Waals surface area contributed by atoms with Crippen molar-refractivity contribution in [2.24, 2.45) is 0 Å². The van der Waals surface area contributed by atoms with Crippen molar-refractivity contribution in [2.75, 3.05) is 26.3 Å². The van der Waals surface area contributed by atoms with Crippen LogP contribution in [0.15, 0.2) is 0 Å². The van der Waals surface area contributed by atoms with Crippen LogP contribution in [0.4, 0.5) is 0 Å². The Kier molecular flexibility index (Phi) is 6.91. The van der Waals surface area contributed by atoms with Crippen molar-refractivity contribution in [1.29, 1.82) is 0 Å². The predicted molar refractivity (Wildman–Crippen MR) is 40.3 cm³/mol. The molecule has 0 aliphatic heterocycles. The Balaban J connectivity index is 3.30. The third-order valence-electron chi connectivity index (χ3n) is 1.22. The minimum absolute atomic E-state index is 0.149. The Morgan fingerprint density at radius 1 is 1.20 bits per heavy atom. The maximum Gasteiger partial charge on any atom is 0.0558 e. The molecule has 0 fully saturated rings. The molecular formula is C7H16NO2. The van der Waals surface area contributed by atoms with E-state index in [2.05, 4.69) is 0 Å². The first-order valence-corrected chi connectivity index (χ1v) is 3.64. The molecule has 0 bridgehead atoms. The van der Waals surface area contributed by atoms with Crippen LogP contribution in [-0.2, 0) is 0 Å². The molecule has 1 radical (unpaired) electrons. The Bertz CT molecular complexity index is 54.4. The minimum Gasteiger partial charge on any atom is -0.395 e. The first-order chi connectivity index (χ1) is 4.85. The van der Waals surface area contributed by atoms with Gasteiger partial charge in [-0.25, -0.2) is 0 Å². The molecule has 0 saturated carbocycles. The summed E-state index contributed by atoms with van der Waals surface area (Å²) in [6.07, 6.45) is 0.944. The summed E-state index contributed by atoms with van der Waals surface area (Å²) in [5, 5.41) is 17.1. The van der Waals surface area contributed by atoms with Gasteiger partial charge in [0.1, 0.15) is 0 Å². The van der Waals surface area contributed by atoms with Crippen LogP contribution < -0.4 is 0 Å². The molecule has 61 valence electrons. The number of hydrogen-bond donors (Lipinski definition) is 2. The Hall–Kier alpha value is -0.120. The zero-order chi connectivity index (χ0) is 7.82. The lowest BCUT2D eigenvalue weighted by Gasteiger charge is -2.17. The van der Waals surface area contributed by atoms with Crippen LogP contribution in [0.1, 0.15) is 13.3 Å². The van der Waals surface area contributed by atoms with Crippen molar-refractivity contribution in [3.05, 3.63) is 6.54 Å². The van der Waals surface area contributed by atoms with Gasteiger partial charge in [-0.05, 0) is 6.42 Å². The van der Waals surface area contributed by atoms with E-state index >= 15 is 0 Å². The first kappa shape index (κ1) is 9.88. The van der Waals surface area contributed by atoms with Crippen molar-refractivity contribution in [2.45, 2.75) is 13.3 Å². The third-order valence-corrected chi connectivity index (χ3v) is 1.22. The molecule has 0 aliphatic carbocycles. The lowest BCUT2D eigenvalue weighted by atomic mass is 10.4. The highest BCUT2D eigenvalue weighted by atomic mass is 16.3. The molecule has 0 amide bonds. The van der Waals surface area contributed by atoms with Crippen molar-refractivity contribution in [3.8, 4) is 0 Å². The first-order valence-electron chi connectivity index (χ1n) is 3.64. The summed E-state index contributed by atoms with van der Waals surface area (Å²) in [5.41, 5.74) is 0. The third kappa shape index (κ3) is 4.73. The summed E-state index contributed by atoms with van der Waals surface area (Å²) in [4.78, 5) is 1.92. The van der Waals surface area contributed by atoms with Crippen LogP contribution in [0, 0.1) is 6.54 Å². The molecule has 0 saturated heterocycles. The van der Waals surface area contributed by atoms with Crippen LogP contribution in [0.3, 0.4) is 0 Å². The molecule has 0 aromatic heterocycles. The summed E-state index contributed by atoms with van der Waals surface area (Å²) in [7, 11) is 0. The second kappa shape index (κ2) is 6.99. The van der Waals surface area contributed by atoms with Crippen molar-refractivity contribution >= 4 is 0 Å². The second-order valence-corrected chi connectivity index (χ2v) is 2.07. The van der Waals surface area contributed by atoms with Gasteiger partial charge in [0.15, 0.2) is 0 Å². The minimum atomic E-state index is 0.149. The predicted octanol–water partition coefficient (Wildman–Crippen LogP) is -0.155. The van der Waals surface area contributed by atoms with E-state index in [1.165, 1.54) is 0 Å². The largest absolute Gasteiger partial charge is 0.395 e. The van der Waals surface area contributed by atoms with E-state index < -0.39 is 0 Å². The highest BCUT2D eigenvalue weighted by Gasteiger charge is 2.00. The Morgan fingerprint density at radius 2 is 1.70 bits per heavy atom. The number of rotatable bonds is 6. The average molecular weight is 146 g/mol. The molecule has 0 unspecified atom stereocenters. The molecule has 0 aliphatic rings. The standard InChI is InChI=1S/C7H16NO2/c1-2-3-8(4-6-9)5-7-10/h3,9-10H,2,4-7H2,1H3. The zero-order valence-electron chi connectivity index (χ0n) is 6.45. The summed E-state index contributed by atoms with van der Waals surface area (Å²) >= 11 is 0. The fraction of sp³-hybridized carbons (Fsp3) is 0.857. The van der Waals surface area contributed by atoms with E-state index in [4.69, 9.17) is 10.2 Å². The lowest BCUT2D eigenvalue weighted by molar-refractivity contribution is 0.183. The van der Waals surface area contributed by atoms with E-state index in [0.717, 1.165) is 6.42 Å². The maximum atomic E-state index is 8.55. The second-order valence-electron chi connectivity index (χ2n) is 2.07. The summed E-state index contributed by atoms with van der Waals surface area (Å²) < 4.78 is 0. The summed E-state index contributed by atoms with van der Waals surface area (Å²) in [6, 6.07) is 0. The Morgan fingerprint density at radius 3 is 2.00 bits per heavy atom. The molecule has 0 heterocycles. The number of hydrogen-bond acceptors (Lipinski definition) is 3. The normalized spacial score (nSPS) is 10.8. The quantitative estimate of drug-likeness (QED) is 0.547. The van der Waals surface area contributed by atoms with E-state index in [1.54, 1.807) is 0 Å². The number of nitrogens with zero attached hydrogens (tertiary/aromatic N) is 1. The van der Waals surface area contributed by atoms with Crippen LogP contribution in [0.25, 0.3) is 0 Å². The topological polar surface area (TPSA) is 43.7 Å². The smallest absolute Gasteiger partial charge is 0.0558 e. The SMILES string of the molecule is CC[CH]N(CCO)CCO. The molecule has 0 spiro atoms. The molecule has 0 aromatic rings. The monoisotopic (exact) mass is 146 g/mol. The van der Waals surface area contributed by atoms with E-state index in [0.29, 0.717) is 13.1 Å². The van der Waals surface area contributed by atoms with Gasteiger partial charge >= 0.3 is 0 Å². The molecule has 10 heavy (non-hydrogen) atoms. The molecule has 0 atom stereocenters. The molecule has 3 nitrogen and oxygen atoms in total. The van der Waals surface area contributed by atoms with Gasteiger partial charge in [-0.1, -0.05) is 6.92 Å². The molecular weight excluding hydrogens is 130 g/mol. The van der Waals surface area contributed by atoms with Crippen LogP contribution >= 0.6 is 0 Å². The van der Waals surface area contributed by atoms with Gasteiger partial charge in [-0.15, -0.1) is 0 Å². The van der Waals surface area contributed by atoms with Gasteiger partial charge in [0.2, 0.25) is 0 Å². The maximum absolute atomic E-state index is 8.55. The van der Waals surface area contributed by atoms with Crippen LogP contribution in [0.2, 0.25) is 0 Å². The van der Waals surface area contributed by atoms with E-state index in [-0.39, 0.29) is 13.2 Å². The summed E-state index contributed by atoms with van der Waals surface area (Å²) in [6.45, 7) is 5.55. The highest BCUT2D eigenvalue weighted by Crippen LogP contribution is 1.94. The van der Waals surface area contributed by atoms with Crippen LogP contribution in [0.5, 0.6) is 0 Å². The fourth-order valence-corrected chi connectivity index (χ4v) is 0.809. The van der Waals surface area contributed by atoms with Gasteiger partial charge in [0.05, 0.1) is 13.2 Å². The average Bonchev–Trinajstić information content (AvgIpc) is 1.90. The highest BCUT2D eigenvalue weighted by molar-refractivity contribution is 4.65. The molecule has 2 N–H and O–H groups in total. The van der Waals surface area contributed by atoms with E-state index in [1.807, 2.05) is 18.4 Å². The van der Waals surface area contributed by atoms with Crippen molar-refractivity contribution < 1.29 is 10.2 Å². The molecule has 0 rings (SSSR count). The van der Waals surface area contributed by atoms with Gasteiger partial charge in [0, 0.05) is 19.6 Å². The van der Waals surface area contributed by atoms with Gasteiger partial charge < -0.3 is 10.2 Å². The van der Waals surface area contributed by atoms with E-state index in [9.17, 15) is 0 Å². The zero-order valence-corrected chi connectivity index (χ0v) is 6.45. The Labute approximate surface area is 62.3 Å². The summed E-state index contributed by atoms with van der Waals surface area (Å²) in [5.74, 6) is 0. The van der Waals surface area contributed by atoms with Crippen molar-refractivity contribution in [1.82, 2.24) is 4.90 Å². The van der Waals surface area contributed by atoms with Gasteiger partial charge in [0.25, 0.3) is 0 Å².